The van der Waals surface area contributed by atoms with Crippen molar-refractivity contribution in [3.8, 4) is 0 Å². The minimum Gasteiger partial charge on any atom is -0.468 e. The smallest absolute Gasteiger partial charge is 0.325 e. The highest BCUT2D eigenvalue weighted by Gasteiger charge is 2.30. The first-order valence-electron chi connectivity index (χ1n) is 10.3. The number of ether oxygens (including phenoxy) is 2. The van der Waals surface area contributed by atoms with Crippen molar-refractivity contribution in [2.75, 3.05) is 25.6 Å². The number of amides is 2. The zero-order valence-corrected chi connectivity index (χ0v) is 20.8. The summed E-state index contributed by atoms with van der Waals surface area (Å²) in [6.45, 7) is 1.68. The van der Waals surface area contributed by atoms with E-state index in [-0.39, 0.29) is 22.9 Å². The summed E-state index contributed by atoms with van der Waals surface area (Å²) in [7, 11) is -3.13. The molecule has 34 heavy (non-hydrogen) atoms. The molecular formula is C21H24ClN3O7S2. The monoisotopic (exact) mass is 529 g/mol. The lowest BCUT2D eigenvalue weighted by molar-refractivity contribution is -0.142. The molecule has 2 heterocycles. The van der Waals surface area contributed by atoms with E-state index in [2.05, 4.69) is 15.4 Å². The molecule has 0 saturated carbocycles. The number of carbonyl (C=O) groups excluding carboxylic acids is 3. The molecule has 1 aromatic carbocycles. The number of thiophene rings is 1. The number of anilines is 1. The molecule has 2 aromatic rings. The Morgan fingerprint density at radius 1 is 1.26 bits per heavy atom. The normalized spacial score (nSPS) is 16.6. The van der Waals surface area contributed by atoms with E-state index in [1.807, 2.05) is 0 Å². The SMILES string of the molecule is COC(=O)[C@H](CNC(=O)c1ccc(Cl)s1)NS(=O)(=O)c1cccc(NC(=O)C2CCCO2)c1C. The number of methoxy groups -OCH3 is 1. The van der Waals surface area contributed by atoms with E-state index >= 15 is 0 Å². The first-order valence-corrected chi connectivity index (χ1v) is 13.0. The summed E-state index contributed by atoms with van der Waals surface area (Å²) in [5.74, 6) is -1.75. The van der Waals surface area contributed by atoms with Gasteiger partial charge in [-0.2, -0.15) is 4.72 Å². The Balaban J connectivity index is 1.75. The number of carbonyl (C=O) groups is 3. The highest BCUT2D eigenvalue weighted by Crippen LogP contribution is 2.25. The fraction of sp³-hybridized carbons (Fsp3) is 0.381. The van der Waals surface area contributed by atoms with Gasteiger partial charge in [-0.3, -0.25) is 14.4 Å². The van der Waals surface area contributed by atoms with E-state index in [4.69, 9.17) is 21.1 Å². The summed E-state index contributed by atoms with van der Waals surface area (Å²) in [6, 6.07) is 6.07. The molecule has 0 radical (unpaired) electrons. The zero-order valence-electron chi connectivity index (χ0n) is 18.4. The van der Waals surface area contributed by atoms with Crippen molar-refractivity contribution in [3.63, 3.8) is 0 Å². The molecule has 184 valence electrons. The number of hydrogen-bond acceptors (Lipinski definition) is 8. The number of rotatable bonds is 9. The van der Waals surface area contributed by atoms with Crippen LogP contribution in [-0.2, 0) is 29.1 Å². The third-order valence-corrected chi connectivity index (χ3v) is 7.95. The largest absolute Gasteiger partial charge is 0.468 e. The van der Waals surface area contributed by atoms with Crippen molar-refractivity contribution in [2.24, 2.45) is 0 Å². The first kappa shape index (κ1) is 26.1. The van der Waals surface area contributed by atoms with Gasteiger partial charge in [0.15, 0.2) is 0 Å². The van der Waals surface area contributed by atoms with Crippen LogP contribution in [0.3, 0.4) is 0 Å². The van der Waals surface area contributed by atoms with Crippen LogP contribution in [0.1, 0.15) is 28.1 Å². The molecule has 3 rings (SSSR count). The molecule has 3 N–H and O–H groups in total. The third kappa shape index (κ3) is 6.33. The Hall–Kier alpha value is -2.51. The Morgan fingerprint density at radius 2 is 2.03 bits per heavy atom. The minimum atomic E-state index is -4.23. The summed E-state index contributed by atoms with van der Waals surface area (Å²) in [5.41, 5.74) is 0.586. The molecule has 2 atom stereocenters. The van der Waals surface area contributed by atoms with Crippen LogP contribution in [0, 0.1) is 6.92 Å². The van der Waals surface area contributed by atoms with Crippen LogP contribution in [0.5, 0.6) is 0 Å². The molecule has 0 bridgehead atoms. The second-order valence-corrected chi connectivity index (χ2v) is 10.8. The average molecular weight is 530 g/mol. The van der Waals surface area contributed by atoms with Crippen molar-refractivity contribution >= 4 is 56.4 Å². The third-order valence-electron chi connectivity index (χ3n) is 5.10. The van der Waals surface area contributed by atoms with Crippen LogP contribution in [0.4, 0.5) is 5.69 Å². The summed E-state index contributed by atoms with van der Waals surface area (Å²) < 4.78 is 39.0. The highest BCUT2D eigenvalue weighted by molar-refractivity contribution is 7.89. The molecule has 1 aromatic heterocycles. The Bertz CT molecular complexity index is 1180. The molecule has 10 nitrogen and oxygen atoms in total. The van der Waals surface area contributed by atoms with Crippen molar-refractivity contribution in [3.05, 3.63) is 45.1 Å². The molecule has 13 heteroatoms. The van der Waals surface area contributed by atoms with Gasteiger partial charge in [-0.1, -0.05) is 17.7 Å². The summed E-state index contributed by atoms with van der Waals surface area (Å²) >= 11 is 6.87. The Labute approximate surface area is 206 Å². The molecule has 1 aliphatic heterocycles. The summed E-state index contributed by atoms with van der Waals surface area (Å²) in [6.07, 6.45) is 0.790. The number of hydrogen-bond donors (Lipinski definition) is 3. The van der Waals surface area contributed by atoms with Crippen LogP contribution in [0.25, 0.3) is 0 Å². The predicted molar refractivity (Wildman–Crippen MR) is 127 cm³/mol. The number of sulfonamides is 1. The van der Waals surface area contributed by atoms with Gasteiger partial charge in [-0.25, -0.2) is 8.42 Å². The van der Waals surface area contributed by atoms with Gasteiger partial charge in [0, 0.05) is 18.8 Å². The summed E-state index contributed by atoms with van der Waals surface area (Å²) in [5, 5.41) is 5.20. The fourth-order valence-corrected chi connectivity index (χ4v) is 5.73. The molecule has 1 aliphatic rings. The van der Waals surface area contributed by atoms with Gasteiger partial charge in [0.25, 0.3) is 11.8 Å². The van der Waals surface area contributed by atoms with Crippen molar-refractivity contribution < 1.29 is 32.3 Å². The highest BCUT2D eigenvalue weighted by atomic mass is 35.5. The van der Waals surface area contributed by atoms with Gasteiger partial charge in [-0.05, 0) is 49.6 Å². The van der Waals surface area contributed by atoms with Crippen molar-refractivity contribution in [1.82, 2.24) is 10.0 Å². The molecule has 1 unspecified atom stereocenters. The number of nitrogens with one attached hydrogen (secondary N) is 3. The van der Waals surface area contributed by atoms with Crippen LogP contribution < -0.4 is 15.4 Å². The zero-order chi connectivity index (χ0) is 24.9. The van der Waals surface area contributed by atoms with Crippen LogP contribution in [0.2, 0.25) is 4.34 Å². The second-order valence-electron chi connectivity index (χ2n) is 7.43. The Morgan fingerprint density at radius 3 is 2.65 bits per heavy atom. The van der Waals surface area contributed by atoms with E-state index in [9.17, 15) is 22.8 Å². The van der Waals surface area contributed by atoms with Gasteiger partial charge >= 0.3 is 5.97 Å². The topological polar surface area (TPSA) is 140 Å². The molecule has 2 amide bonds. The standard InChI is InChI=1S/C21H24ClN3O7S2/c1-12-13(24-19(26)15-6-4-10-32-15)5-3-7-17(12)34(29,30)25-14(21(28)31-2)11-23-20(27)16-8-9-18(22)33-16/h3,5,7-9,14-15,25H,4,6,10-11H2,1-2H3,(H,23,27)(H,24,26)/t14-,15?/m0/s1. The Kier molecular flexibility index (Phi) is 8.66. The molecule has 0 aliphatic carbocycles. The average Bonchev–Trinajstić information content (AvgIpc) is 3.49. The lowest BCUT2D eigenvalue weighted by Crippen LogP contribution is -2.48. The first-order chi connectivity index (χ1) is 16.1. The van der Waals surface area contributed by atoms with Crippen LogP contribution >= 0.6 is 22.9 Å². The van der Waals surface area contributed by atoms with Gasteiger partial charge in [0.1, 0.15) is 12.1 Å². The maximum Gasteiger partial charge on any atom is 0.325 e. The maximum atomic E-state index is 13.1. The maximum absolute atomic E-state index is 13.1. The molecule has 0 spiro atoms. The lowest BCUT2D eigenvalue weighted by atomic mass is 10.2. The summed E-state index contributed by atoms with van der Waals surface area (Å²) in [4.78, 5) is 37.1. The number of benzene rings is 1. The van der Waals surface area contributed by atoms with Crippen LogP contribution in [-0.4, -0.2) is 58.6 Å². The van der Waals surface area contributed by atoms with E-state index in [0.717, 1.165) is 24.9 Å². The van der Waals surface area contributed by atoms with Crippen molar-refractivity contribution in [2.45, 2.75) is 36.8 Å². The van der Waals surface area contributed by atoms with E-state index < -0.39 is 34.0 Å². The predicted octanol–water partition coefficient (Wildman–Crippen LogP) is 2.08. The number of halogens is 1. The van der Waals surface area contributed by atoms with Crippen molar-refractivity contribution in [1.29, 1.82) is 0 Å². The quantitative estimate of drug-likeness (QED) is 0.422. The van der Waals surface area contributed by atoms with Crippen LogP contribution in [0.15, 0.2) is 35.2 Å². The second kappa shape index (κ2) is 11.3. The van der Waals surface area contributed by atoms with E-state index in [1.54, 1.807) is 12.1 Å². The van der Waals surface area contributed by atoms with Gasteiger partial charge < -0.3 is 20.1 Å². The fourth-order valence-electron chi connectivity index (χ4n) is 3.32. The molecular weight excluding hydrogens is 506 g/mol. The van der Waals surface area contributed by atoms with Gasteiger partial charge in [0.05, 0.1) is 21.2 Å². The molecule has 1 saturated heterocycles. The van der Waals surface area contributed by atoms with E-state index in [0.29, 0.717) is 27.9 Å². The van der Waals surface area contributed by atoms with Gasteiger partial charge in [0.2, 0.25) is 10.0 Å². The lowest BCUT2D eigenvalue weighted by Gasteiger charge is -2.19. The van der Waals surface area contributed by atoms with Gasteiger partial charge in [-0.15, -0.1) is 11.3 Å². The van der Waals surface area contributed by atoms with E-state index in [1.165, 1.54) is 25.1 Å². The number of esters is 1. The minimum absolute atomic E-state index is 0.136. The molecule has 1 fully saturated rings.